The lowest BCUT2D eigenvalue weighted by atomic mass is 10.1. The number of aromatic amines is 1. The van der Waals surface area contributed by atoms with Crippen LogP contribution in [-0.4, -0.2) is 10.9 Å². The van der Waals surface area contributed by atoms with E-state index in [4.69, 9.17) is 5.73 Å². The highest BCUT2D eigenvalue weighted by Gasteiger charge is 2.11. The van der Waals surface area contributed by atoms with Crippen molar-refractivity contribution in [1.29, 1.82) is 0 Å². The number of amides is 1. The minimum atomic E-state index is -0.137. The number of para-hydroxylation sites is 1. The lowest BCUT2D eigenvalue weighted by Gasteiger charge is -2.03. The highest BCUT2D eigenvalue weighted by molar-refractivity contribution is 6.13. The third kappa shape index (κ3) is 2.15. The molecule has 0 unspecified atom stereocenters. The molecule has 0 fully saturated rings. The van der Waals surface area contributed by atoms with Gasteiger partial charge < -0.3 is 16.0 Å². The van der Waals surface area contributed by atoms with E-state index in [2.05, 4.69) is 10.3 Å². The molecule has 3 aromatic rings. The molecule has 0 aliphatic heterocycles. The predicted molar refractivity (Wildman–Crippen MR) is 77.1 cm³/mol. The van der Waals surface area contributed by atoms with Crippen molar-refractivity contribution in [1.82, 2.24) is 4.98 Å². The summed E-state index contributed by atoms with van der Waals surface area (Å²) in [6.45, 7) is 0. The maximum atomic E-state index is 12.2. The molecule has 0 spiro atoms. The predicted octanol–water partition coefficient (Wildman–Crippen LogP) is 3.00. The molecule has 4 nitrogen and oxygen atoms in total. The van der Waals surface area contributed by atoms with Crippen molar-refractivity contribution in [2.24, 2.45) is 0 Å². The lowest BCUT2D eigenvalue weighted by Crippen LogP contribution is -2.11. The van der Waals surface area contributed by atoms with E-state index in [1.54, 1.807) is 12.3 Å². The van der Waals surface area contributed by atoms with E-state index in [1.165, 1.54) is 0 Å². The molecule has 3 rings (SSSR count). The van der Waals surface area contributed by atoms with E-state index in [0.717, 1.165) is 16.6 Å². The van der Waals surface area contributed by atoms with Gasteiger partial charge >= 0.3 is 0 Å². The number of anilines is 2. The highest BCUT2D eigenvalue weighted by Crippen LogP contribution is 2.21. The molecule has 4 N–H and O–H groups in total. The van der Waals surface area contributed by atoms with Crippen LogP contribution < -0.4 is 11.1 Å². The van der Waals surface area contributed by atoms with Crippen molar-refractivity contribution < 1.29 is 4.79 Å². The van der Waals surface area contributed by atoms with Crippen LogP contribution in [0.3, 0.4) is 0 Å². The van der Waals surface area contributed by atoms with Gasteiger partial charge in [0.15, 0.2) is 0 Å². The summed E-state index contributed by atoms with van der Waals surface area (Å²) < 4.78 is 0. The van der Waals surface area contributed by atoms with E-state index in [1.807, 2.05) is 42.5 Å². The molecule has 0 bridgehead atoms. The van der Waals surface area contributed by atoms with Crippen LogP contribution in [-0.2, 0) is 0 Å². The summed E-state index contributed by atoms with van der Waals surface area (Å²) in [4.78, 5) is 15.3. The maximum absolute atomic E-state index is 12.2. The van der Waals surface area contributed by atoms with Gasteiger partial charge in [-0.25, -0.2) is 0 Å². The topological polar surface area (TPSA) is 70.9 Å². The van der Waals surface area contributed by atoms with Gasteiger partial charge in [-0.05, 0) is 30.3 Å². The number of benzene rings is 2. The Morgan fingerprint density at radius 3 is 2.68 bits per heavy atom. The Balaban J connectivity index is 1.94. The van der Waals surface area contributed by atoms with Gasteiger partial charge in [0.25, 0.3) is 5.91 Å². The van der Waals surface area contributed by atoms with Crippen molar-refractivity contribution in [2.45, 2.75) is 0 Å². The zero-order valence-electron chi connectivity index (χ0n) is 10.2. The molecular formula is C15H13N3O. The Morgan fingerprint density at radius 2 is 1.89 bits per heavy atom. The van der Waals surface area contributed by atoms with E-state index < -0.39 is 0 Å². The van der Waals surface area contributed by atoms with Crippen molar-refractivity contribution in [3.63, 3.8) is 0 Å². The molecule has 1 aromatic heterocycles. The van der Waals surface area contributed by atoms with E-state index in [0.29, 0.717) is 11.3 Å². The van der Waals surface area contributed by atoms with Gasteiger partial charge in [0, 0.05) is 28.5 Å². The van der Waals surface area contributed by atoms with Gasteiger partial charge in [-0.1, -0.05) is 18.2 Å². The Bertz CT molecular complexity index is 731. The van der Waals surface area contributed by atoms with Crippen LogP contribution in [0.1, 0.15) is 10.4 Å². The van der Waals surface area contributed by atoms with Gasteiger partial charge in [-0.15, -0.1) is 0 Å². The summed E-state index contributed by atoms with van der Waals surface area (Å²) in [5.41, 5.74) is 8.63. The van der Waals surface area contributed by atoms with Crippen LogP contribution in [0.25, 0.3) is 10.9 Å². The van der Waals surface area contributed by atoms with Crippen molar-refractivity contribution in [2.75, 3.05) is 11.1 Å². The summed E-state index contributed by atoms with van der Waals surface area (Å²) in [6.07, 6.45) is 1.70. The second kappa shape index (κ2) is 4.49. The molecule has 0 aliphatic rings. The Kier molecular flexibility index (Phi) is 2.68. The number of nitrogen functional groups attached to an aromatic ring is 1. The summed E-state index contributed by atoms with van der Waals surface area (Å²) in [6, 6.07) is 14.8. The molecule has 4 heteroatoms. The molecule has 0 atom stereocenters. The van der Waals surface area contributed by atoms with Crippen LogP contribution in [0.5, 0.6) is 0 Å². The standard InChI is InChI=1S/C15H13N3O/c16-10-6-7-12-13(9-17-14(12)8-10)15(19)18-11-4-2-1-3-5-11/h1-9,17H,16H2,(H,18,19). The van der Waals surface area contributed by atoms with Gasteiger partial charge in [0.05, 0.1) is 5.56 Å². The number of hydrogen-bond donors (Lipinski definition) is 3. The number of rotatable bonds is 2. The molecule has 2 aromatic carbocycles. The zero-order chi connectivity index (χ0) is 13.2. The molecule has 1 amide bonds. The number of nitrogens with one attached hydrogen (secondary N) is 2. The quantitative estimate of drug-likeness (QED) is 0.613. The molecule has 19 heavy (non-hydrogen) atoms. The number of H-pyrrole nitrogens is 1. The first-order valence-corrected chi connectivity index (χ1v) is 5.97. The van der Waals surface area contributed by atoms with Gasteiger partial charge in [-0.3, -0.25) is 4.79 Å². The third-order valence-corrected chi connectivity index (χ3v) is 2.98. The SMILES string of the molecule is Nc1ccc2c(C(=O)Nc3ccccc3)c[nH]c2c1. The number of nitrogens with two attached hydrogens (primary N) is 1. The average molecular weight is 251 g/mol. The monoisotopic (exact) mass is 251 g/mol. The summed E-state index contributed by atoms with van der Waals surface area (Å²) in [5.74, 6) is -0.137. The molecule has 0 aliphatic carbocycles. The number of aromatic nitrogens is 1. The molecule has 0 radical (unpaired) electrons. The Hall–Kier alpha value is -2.75. The lowest BCUT2D eigenvalue weighted by molar-refractivity contribution is 0.102. The van der Waals surface area contributed by atoms with Crippen LogP contribution in [0.15, 0.2) is 54.7 Å². The maximum Gasteiger partial charge on any atom is 0.257 e. The van der Waals surface area contributed by atoms with Gasteiger partial charge in [0.2, 0.25) is 0 Å². The number of fused-ring (bicyclic) bond motifs is 1. The molecule has 94 valence electrons. The fraction of sp³-hybridized carbons (Fsp3) is 0. The molecular weight excluding hydrogens is 238 g/mol. The van der Waals surface area contributed by atoms with Crippen LogP contribution in [0.4, 0.5) is 11.4 Å². The normalized spacial score (nSPS) is 10.5. The van der Waals surface area contributed by atoms with Crippen LogP contribution in [0, 0.1) is 0 Å². The fourth-order valence-electron chi connectivity index (χ4n) is 2.05. The van der Waals surface area contributed by atoms with E-state index in [9.17, 15) is 4.79 Å². The third-order valence-electron chi connectivity index (χ3n) is 2.98. The Labute approximate surface area is 110 Å². The first kappa shape index (κ1) is 11.3. The first-order valence-electron chi connectivity index (χ1n) is 5.97. The number of hydrogen-bond acceptors (Lipinski definition) is 2. The van der Waals surface area contributed by atoms with Crippen molar-refractivity contribution in [3.05, 3.63) is 60.3 Å². The molecule has 0 saturated carbocycles. The minimum Gasteiger partial charge on any atom is -0.399 e. The van der Waals surface area contributed by atoms with Crippen molar-refractivity contribution >= 4 is 28.2 Å². The summed E-state index contributed by atoms with van der Waals surface area (Å²) >= 11 is 0. The van der Waals surface area contributed by atoms with Crippen molar-refractivity contribution in [3.8, 4) is 0 Å². The second-order valence-corrected chi connectivity index (χ2v) is 4.33. The fourth-order valence-corrected chi connectivity index (χ4v) is 2.05. The summed E-state index contributed by atoms with van der Waals surface area (Å²) in [7, 11) is 0. The second-order valence-electron chi connectivity index (χ2n) is 4.33. The molecule has 0 saturated heterocycles. The summed E-state index contributed by atoms with van der Waals surface area (Å²) in [5, 5.41) is 3.72. The average Bonchev–Trinajstić information content (AvgIpc) is 2.82. The smallest absolute Gasteiger partial charge is 0.257 e. The first-order chi connectivity index (χ1) is 9.24. The van der Waals surface area contributed by atoms with Gasteiger partial charge in [0.1, 0.15) is 0 Å². The zero-order valence-corrected chi connectivity index (χ0v) is 10.2. The van der Waals surface area contributed by atoms with E-state index in [-0.39, 0.29) is 5.91 Å². The number of carbonyl (C=O) groups is 1. The minimum absolute atomic E-state index is 0.137. The Morgan fingerprint density at radius 1 is 1.11 bits per heavy atom. The van der Waals surface area contributed by atoms with Crippen LogP contribution in [0.2, 0.25) is 0 Å². The largest absolute Gasteiger partial charge is 0.399 e. The number of carbonyl (C=O) groups excluding carboxylic acids is 1. The van der Waals surface area contributed by atoms with E-state index >= 15 is 0 Å². The highest BCUT2D eigenvalue weighted by atomic mass is 16.1. The van der Waals surface area contributed by atoms with Gasteiger partial charge in [-0.2, -0.15) is 0 Å². The molecule has 1 heterocycles. The van der Waals surface area contributed by atoms with Crippen LogP contribution >= 0.6 is 0 Å².